The van der Waals surface area contributed by atoms with Crippen LogP contribution >= 0.6 is 0 Å². The molecule has 0 radical (unpaired) electrons. The van der Waals surface area contributed by atoms with Gasteiger partial charge in [-0.25, -0.2) is 4.98 Å². The fourth-order valence-corrected chi connectivity index (χ4v) is 4.49. The lowest BCUT2D eigenvalue weighted by atomic mass is 9.85. The van der Waals surface area contributed by atoms with Gasteiger partial charge >= 0.3 is 0 Å². The van der Waals surface area contributed by atoms with Crippen molar-refractivity contribution in [3.63, 3.8) is 0 Å². The fourth-order valence-electron chi connectivity index (χ4n) is 4.49. The van der Waals surface area contributed by atoms with Gasteiger partial charge in [0.2, 0.25) is 0 Å². The average molecular weight is 358 g/mol. The molecule has 0 saturated heterocycles. The zero-order chi connectivity index (χ0) is 18.2. The van der Waals surface area contributed by atoms with Crippen LogP contribution in [0, 0.1) is 5.92 Å². The molecule has 2 atom stereocenters. The zero-order valence-electron chi connectivity index (χ0n) is 15.1. The van der Waals surface area contributed by atoms with Crippen molar-refractivity contribution in [1.82, 2.24) is 4.98 Å². The maximum atomic E-state index is 10.6. The van der Waals surface area contributed by atoms with Crippen LogP contribution in [0.4, 0.5) is 5.82 Å². The molecule has 2 unspecified atom stereocenters. The molecule has 0 amide bonds. The molecule has 136 valence electrons. The Morgan fingerprint density at radius 1 is 1.07 bits per heavy atom. The number of fused-ring (bicyclic) bond motifs is 9. The van der Waals surface area contributed by atoms with Gasteiger partial charge < -0.3 is 0 Å². The quantitative estimate of drug-likeness (QED) is 0.737. The Morgan fingerprint density at radius 2 is 2.04 bits per heavy atom. The highest BCUT2D eigenvalue weighted by atomic mass is 16.5. The molecule has 1 N–H and O–H groups in total. The van der Waals surface area contributed by atoms with Crippen LogP contribution in [0.5, 0.6) is 0 Å². The molecule has 5 nitrogen and oxygen atoms in total. The van der Waals surface area contributed by atoms with Gasteiger partial charge in [0, 0.05) is 6.20 Å². The van der Waals surface area contributed by atoms with E-state index >= 15 is 0 Å². The molecule has 1 aliphatic carbocycles. The normalized spacial score (nSPS) is 25.1. The van der Waals surface area contributed by atoms with Gasteiger partial charge in [-0.2, -0.15) is 10.2 Å². The lowest BCUT2D eigenvalue weighted by Gasteiger charge is -2.19. The first-order chi connectivity index (χ1) is 13.3. The highest BCUT2D eigenvalue weighted by Gasteiger charge is 2.28. The van der Waals surface area contributed by atoms with Crippen molar-refractivity contribution in [1.29, 1.82) is 0 Å². The summed E-state index contributed by atoms with van der Waals surface area (Å²) in [5.74, 6) is 2.24. The second-order valence-electron chi connectivity index (χ2n) is 7.56. The van der Waals surface area contributed by atoms with E-state index in [9.17, 15) is 5.21 Å². The van der Waals surface area contributed by atoms with Crippen LogP contribution in [-0.4, -0.2) is 21.7 Å². The van der Waals surface area contributed by atoms with E-state index in [4.69, 9.17) is 0 Å². The Hall–Kier alpha value is -2.79. The SMILES string of the molecule is ON1C2=NN=C(C2)c2cccc(c2)C2CCCC2C/C=C\c2ccnc1c2. The molecule has 6 bridgehead atoms. The molecule has 3 aliphatic rings. The largest absolute Gasteiger partial charge is 0.281 e. The van der Waals surface area contributed by atoms with Crippen LogP contribution in [0.2, 0.25) is 0 Å². The summed E-state index contributed by atoms with van der Waals surface area (Å²) in [7, 11) is 0. The highest BCUT2D eigenvalue weighted by molar-refractivity contribution is 6.17. The van der Waals surface area contributed by atoms with Crippen molar-refractivity contribution in [2.45, 2.75) is 38.0 Å². The van der Waals surface area contributed by atoms with Gasteiger partial charge in [0.05, 0.1) is 12.1 Å². The number of nitrogens with zero attached hydrogens (tertiary/aromatic N) is 4. The molecule has 1 saturated carbocycles. The van der Waals surface area contributed by atoms with Gasteiger partial charge in [0.1, 0.15) is 0 Å². The van der Waals surface area contributed by atoms with E-state index in [0.717, 1.165) is 28.3 Å². The molecule has 1 fully saturated rings. The molecule has 27 heavy (non-hydrogen) atoms. The second-order valence-corrected chi connectivity index (χ2v) is 7.56. The van der Waals surface area contributed by atoms with Crippen LogP contribution in [0.3, 0.4) is 0 Å². The maximum Gasteiger partial charge on any atom is 0.164 e. The molecule has 5 rings (SSSR count). The summed E-state index contributed by atoms with van der Waals surface area (Å²) in [6.45, 7) is 0. The van der Waals surface area contributed by atoms with Gasteiger partial charge in [-0.05, 0) is 66.0 Å². The third-order valence-electron chi connectivity index (χ3n) is 5.90. The van der Waals surface area contributed by atoms with Crippen LogP contribution in [0.15, 0.2) is 58.9 Å². The predicted octanol–water partition coefficient (Wildman–Crippen LogP) is 4.78. The molecule has 5 heteroatoms. The van der Waals surface area contributed by atoms with E-state index in [2.05, 4.69) is 51.6 Å². The van der Waals surface area contributed by atoms with Gasteiger partial charge in [0.15, 0.2) is 11.7 Å². The Labute approximate surface area is 158 Å². The number of pyridine rings is 1. The van der Waals surface area contributed by atoms with Crippen LogP contribution < -0.4 is 5.06 Å². The van der Waals surface area contributed by atoms with Gasteiger partial charge in [-0.3, -0.25) is 5.21 Å². The Morgan fingerprint density at radius 3 is 3.00 bits per heavy atom. The summed E-state index contributed by atoms with van der Waals surface area (Å²) in [6, 6.07) is 12.6. The molecule has 1 aromatic heterocycles. The van der Waals surface area contributed by atoms with E-state index in [-0.39, 0.29) is 0 Å². The maximum absolute atomic E-state index is 10.6. The van der Waals surface area contributed by atoms with E-state index in [1.165, 1.54) is 24.8 Å². The fraction of sp³-hybridized carbons (Fsp3) is 0.318. The minimum Gasteiger partial charge on any atom is -0.281 e. The summed E-state index contributed by atoms with van der Waals surface area (Å²) in [5, 5.41) is 20.2. The van der Waals surface area contributed by atoms with Crippen molar-refractivity contribution in [2.75, 3.05) is 5.06 Å². The van der Waals surface area contributed by atoms with Crippen molar-refractivity contribution >= 4 is 23.4 Å². The van der Waals surface area contributed by atoms with E-state index in [1.54, 1.807) is 6.20 Å². The Kier molecular flexibility index (Phi) is 4.09. The predicted molar refractivity (Wildman–Crippen MR) is 107 cm³/mol. The molecule has 3 heterocycles. The number of hydroxylamine groups is 1. The van der Waals surface area contributed by atoms with Gasteiger partial charge in [0.25, 0.3) is 0 Å². The smallest absolute Gasteiger partial charge is 0.164 e. The first-order valence-corrected chi connectivity index (χ1v) is 9.63. The summed E-state index contributed by atoms with van der Waals surface area (Å²) in [5.41, 5.74) is 4.42. The standard InChI is InChI=1S/C22H22N4O/c27-26-21-12-15(10-11-23-21)4-1-5-16-6-3-9-19(16)17-7-2-8-18(13-17)20-14-22(26)25-24-20/h1-2,4,7-8,10-13,16,19,27H,3,5-6,9,14H2/b4-1-. The second kappa shape index (κ2) is 6.74. The van der Waals surface area contributed by atoms with Crippen LogP contribution in [-0.2, 0) is 0 Å². The minimum atomic E-state index is 0.467. The number of aromatic nitrogens is 1. The molecule has 0 spiro atoms. The summed E-state index contributed by atoms with van der Waals surface area (Å²) in [4.78, 5) is 4.28. The average Bonchev–Trinajstić information content (AvgIpc) is 3.37. The number of hydrogen-bond acceptors (Lipinski definition) is 5. The minimum absolute atomic E-state index is 0.467. The molecular formula is C22H22N4O. The molecule has 2 aromatic rings. The van der Waals surface area contributed by atoms with E-state index in [1.807, 2.05) is 12.1 Å². The van der Waals surface area contributed by atoms with E-state index in [0.29, 0.717) is 29.9 Å². The number of benzene rings is 1. The summed E-state index contributed by atoms with van der Waals surface area (Å²) in [6.07, 6.45) is 11.5. The number of rotatable bonds is 0. The van der Waals surface area contributed by atoms with Crippen molar-refractivity contribution in [3.05, 3.63) is 65.4 Å². The first-order valence-electron chi connectivity index (χ1n) is 9.63. The summed E-state index contributed by atoms with van der Waals surface area (Å²) >= 11 is 0. The molecule has 2 aliphatic heterocycles. The van der Waals surface area contributed by atoms with Crippen molar-refractivity contribution in [2.24, 2.45) is 16.1 Å². The topological polar surface area (TPSA) is 61.1 Å². The number of amidine groups is 1. The lowest BCUT2D eigenvalue weighted by Crippen LogP contribution is -2.28. The Balaban J connectivity index is 1.57. The van der Waals surface area contributed by atoms with Crippen LogP contribution in [0.25, 0.3) is 6.08 Å². The first kappa shape index (κ1) is 16.4. The van der Waals surface area contributed by atoms with Crippen LogP contribution in [0.1, 0.15) is 54.7 Å². The molecular weight excluding hydrogens is 336 g/mol. The van der Waals surface area contributed by atoms with Gasteiger partial charge in [-0.1, -0.05) is 36.8 Å². The number of allylic oxidation sites excluding steroid dienone is 1. The monoisotopic (exact) mass is 358 g/mol. The van der Waals surface area contributed by atoms with Gasteiger partial charge in [-0.15, -0.1) is 5.10 Å². The van der Waals surface area contributed by atoms with Crippen molar-refractivity contribution in [3.8, 4) is 0 Å². The third-order valence-corrected chi connectivity index (χ3v) is 5.90. The number of hydrogen-bond donors (Lipinski definition) is 1. The third kappa shape index (κ3) is 3.08. The molecule has 1 aromatic carbocycles. The highest BCUT2D eigenvalue weighted by Crippen LogP contribution is 2.42. The lowest BCUT2D eigenvalue weighted by molar-refractivity contribution is 0.307. The zero-order valence-corrected chi connectivity index (χ0v) is 15.1. The van der Waals surface area contributed by atoms with E-state index < -0.39 is 0 Å². The Bertz CT molecular complexity index is 962. The number of anilines is 1. The van der Waals surface area contributed by atoms with Crippen molar-refractivity contribution < 1.29 is 5.21 Å². The summed E-state index contributed by atoms with van der Waals surface area (Å²) < 4.78 is 0.